The Morgan fingerprint density at radius 1 is 1.31 bits per heavy atom. The number of fused-ring (bicyclic) bond motifs is 3. The van der Waals surface area contributed by atoms with Crippen LogP contribution in [0.2, 0.25) is 0 Å². The van der Waals surface area contributed by atoms with Gasteiger partial charge in [-0.25, -0.2) is 9.78 Å². The Kier molecular flexibility index (Phi) is 4.20. The summed E-state index contributed by atoms with van der Waals surface area (Å²) in [5.74, 6) is 2.79. The second kappa shape index (κ2) is 6.41. The number of aromatic nitrogens is 4. The third-order valence-electron chi connectivity index (χ3n) is 6.22. The third kappa shape index (κ3) is 2.97. The first-order valence-electron chi connectivity index (χ1n) is 9.39. The molecule has 2 aliphatic rings. The van der Waals surface area contributed by atoms with Gasteiger partial charge in [-0.2, -0.15) is 0 Å². The highest BCUT2D eigenvalue weighted by Crippen LogP contribution is 2.49. The number of imidazole rings is 1. The van der Waals surface area contributed by atoms with E-state index < -0.39 is 11.2 Å². The Labute approximate surface area is 150 Å². The highest BCUT2D eigenvalue weighted by atomic mass is 16.2. The number of rotatable bonds is 5. The van der Waals surface area contributed by atoms with Gasteiger partial charge in [-0.1, -0.05) is 6.42 Å². The second-order valence-electron chi connectivity index (χ2n) is 7.90. The van der Waals surface area contributed by atoms with E-state index in [2.05, 4.69) is 27.2 Å². The summed E-state index contributed by atoms with van der Waals surface area (Å²) in [6, 6.07) is 0.206. The topological polar surface area (TPSA) is 113 Å². The van der Waals surface area contributed by atoms with Gasteiger partial charge in [-0.15, -0.1) is 0 Å². The standard InChI is InChI=1S/C18H25N5O3/c1-9(12-8-10-3-4-11(12)7-10)19-14(24)6-5-13-20-15-16(21-13)23(2)18(26)22-17(15)25/h9-12H,3-8H2,1-2H3,(H,19,24)(H,20,21)(H,22,25,26). The van der Waals surface area contributed by atoms with Crippen molar-refractivity contribution in [1.29, 1.82) is 0 Å². The van der Waals surface area contributed by atoms with Crippen LogP contribution in [0.1, 0.15) is 44.9 Å². The summed E-state index contributed by atoms with van der Waals surface area (Å²) in [7, 11) is 1.55. The third-order valence-corrected chi connectivity index (χ3v) is 6.22. The zero-order chi connectivity index (χ0) is 18.4. The fourth-order valence-electron chi connectivity index (χ4n) is 4.84. The number of hydrogen-bond donors (Lipinski definition) is 3. The van der Waals surface area contributed by atoms with E-state index >= 15 is 0 Å². The van der Waals surface area contributed by atoms with Crippen molar-refractivity contribution < 1.29 is 4.79 Å². The van der Waals surface area contributed by atoms with Gasteiger partial charge in [0.25, 0.3) is 5.56 Å². The van der Waals surface area contributed by atoms with Gasteiger partial charge < -0.3 is 10.3 Å². The molecule has 1 amide bonds. The summed E-state index contributed by atoms with van der Waals surface area (Å²) in [4.78, 5) is 45.2. The molecule has 3 N–H and O–H groups in total. The van der Waals surface area contributed by atoms with E-state index in [1.54, 1.807) is 7.05 Å². The van der Waals surface area contributed by atoms with Crippen LogP contribution in [0.4, 0.5) is 0 Å². The number of aromatic amines is 2. The molecule has 2 saturated carbocycles. The van der Waals surface area contributed by atoms with Crippen LogP contribution in [-0.4, -0.2) is 31.5 Å². The van der Waals surface area contributed by atoms with E-state index in [1.165, 1.54) is 30.3 Å². The number of aryl methyl sites for hydroxylation is 2. The number of carbonyl (C=O) groups is 1. The van der Waals surface area contributed by atoms with Crippen molar-refractivity contribution in [1.82, 2.24) is 24.8 Å². The maximum Gasteiger partial charge on any atom is 0.329 e. The van der Waals surface area contributed by atoms with E-state index in [9.17, 15) is 14.4 Å². The smallest absolute Gasteiger partial charge is 0.329 e. The molecule has 0 aliphatic heterocycles. The molecule has 2 fully saturated rings. The Balaban J connectivity index is 1.38. The average Bonchev–Trinajstić information content (AvgIpc) is 3.32. The number of nitrogens with one attached hydrogen (secondary N) is 3. The normalized spacial score (nSPS) is 25.7. The molecule has 2 aliphatic carbocycles. The van der Waals surface area contributed by atoms with Crippen LogP contribution in [0, 0.1) is 17.8 Å². The van der Waals surface area contributed by atoms with Crippen molar-refractivity contribution in [3.8, 4) is 0 Å². The lowest BCUT2D eigenvalue weighted by Crippen LogP contribution is -2.40. The molecule has 4 unspecified atom stereocenters. The van der Waals surface area contributed by atoms with Crippen LogP contribution in [0.15, 0.2) is 9.59 Å². The molecule has 2 aromatic rings. The highest BCUT2D eigenvalue weighted by molar-refractivity contribution is 5.76. The summed E-state index contributed by atoms with van der Waals surface area (Å²) >= 11 is 0. The van der Waals surface area contributed by atoms with Crippen molar-refractivity contribution >= 4 is 17.1 Å². The van der Waals surface area contributed by atoms with Crippen LogP contribution in [0.3, 0.4) is 0 Å². The molecule has 2 aromatic heterocycles. The van der Waals surface area contributed by atoms with E-state index in [0.29, 0.717) is 30.2 Å². The SMILES string of the molecule is CC(NC(=O)CCc1nc2c([nH]1)c(=O)[nH]c(=O)n2C)C1CC2CCC1C2. The van der Waals surface area contributed by atoms with E-state index in [4.69, 9.17) is 0 Å². The monoisotopic (exact) mass is 359 g/mol. The van der Waals surface area contributed by atoms with Crippen molar-refractivity contribution in [2.45, 2.75) is 51.5 Å². The van der Waals surface area contributed by atoms with Crippen LogP contribution in [0.5, 0.6) is 0 Å². The molecule has 8 heteroatoms. The maximum atomic E-state index is 12.3. The summed E-state index contributed by atoms with van der Waals surface area (Å²) < 4.78 is 1.29. The van der Waals surface area contributed by atoms with Crippen LogP contribution >= 0.6 is 0 Å². The fraction of sp³-hybridized carbons (Fsp3) is 0.667. The predicted octanol–water partition coefficient (Wildman–Crippen LogP) is 0.823. The van der Waals surface area contributed by atoms with Gasteiger partial charge in [-0.05, 0) is 43.9 Å². The minimum atomic E-state index is -0.502. The van der Waals surface area contributed by atoms with Crippen LogP contribution in [0.25, 0.3) is 11.2 Å². The molecule has 8 nitrogen and oxygen atoms in total. The zero-order valence-corrected chi connectivity index (χ0v) is 15.2. The summed E-state index contributed by atoms with van der Waals surface area (Å²) in [6.45, 7) is 2.11. The Morgan fingerprint density at radius 2 is 2.12 bits per heavy atom. The minimum absolute atomic E-state index is 0.00327. The quantitative estimate of drug-likeness (QED) is 0.734. The van der Waals surface area contributed by atoms with Crippen LogP contribution in [-0.2, 0) is 18.3 Å². The molecule has 26 heavy (non-hydrogen) atoms. The van der Waals surface area contributed by atoms with Crippen LogP contribution < -0.4 is 16.6 Å². The number of hydrogen-bond acceptors (Lipinski definition) is 4. The van der Waals surface area contributed by atoms with Crippen molar-refractivity contribution in [3.63, 3.8) is 0 Å². The Morgan fingerprint density at radius 3 is 2.81 bits per heavy atom. The van der Waals surface area contributed by atoms with E-state index in [0.717, 1.165) is 11.8 Å². The highest BCUT2D eigenvalue weighted by Gasteiger charge is 2.42. The van der Waals surface area contributed by atoms with Gasteiger partial charge in [0.1, 0.15) is 11.3 Å². The lowest BCUT2D eigenvalue weighted by molar-refractivity contribution is -0.122. The lowest BCUT2D eigenvalue weighted by atomic mass is 9.84. The molecule has 140 valence electrons. The van der Waals surface area contributed by atoms with E-state index in [-0.39, 0.29) is 17.5 Å². The predicted molar refractivity (Wildman–Crippen MR) is 96.8 cm³/mol. The molecule has 2 heterocycles. The molecule has 4 rings (SSSR count). The number of carbonyl (C=O) groups excluding carboxylic acids is 1. The van der Waals surface area contributed by atoms with Gasteiger partial charge in [0.15, 0.2) is 5.65 Å². The Bertz CT molecular complexity index is 956. The maximum absolute atomic E-state index is 12.3. The molecule has 4 atom stereocenters. The van der Waals surface area contributed by atoms with Crippen molar-refractivity contribution in [2.75, 3.05) is 0 Å². The summed E-state index contributed by atoms with van der Waals surface area (Å²) in [5, 5.41) is 3.14. The molecule has 0 spiro atoms. The number of nitrogens with zero attached hydrogens (tertiary/aromatic N) is 2. The van der Waals surface area contributed by atoms with E-state index in [1.807, 2.05) is 0 Å². The first-order chi connectivity index (χ1) is 12.4. The Hall–Kier alpha value is -2.38. The lowest BCUT2D eigenvalue weighted by Gasteiger charge is -2.28. The average molecular weight is 359 g/mol. The zero-order valence-electron chi connectivity index (χ0n) is 15.2. The molecular formula is C18H25N5O3. The molecule has 0 saturated heterocycles. The van der Waals surface area contributed by atoms with Gasteiger partial charge in [0, 0.05) is 25.9 Å². The minimum Gasteiger partial charge on any atom is -0.353 e. The fourth-order valence-corrected chi connectivity index (χ4v) is 4.84. The summed E-state index contributed by atoms with van der Waals surface area (Å²) in [6.07, 6.45) is 5.94. The largest absolute Gasteiger partial charge is 0.353 e. The second-order valence-corrected chi connectivity index (χ2v) is 7.90. The first kappa shape index (κ1) is 17.1. The first-order valence-corrected chi connectivity index (χ1v) is 9.39. The van der Waals surface area contributed by atoms with Crippen molar-refractivity contribution in [2.24, 2.45) is 24.8 Å². The van der Waals surface area contributed by atoms with Gasteiger partial charge in [0.05, 0.1) is 0 Å². The van der Waals surface area contributed by atoms with Gasteiger partial charge in [0.2, 0.25) is 5.91 Å². The molecule has 0 aromatic carbocycles. The van der Waals surface area contributed by atoms with Crippen molar-refractivity contribution in [3.05, 3.63) is 26.7 Å². The summed E-state index contributed by atoms with van der Waals surface area (Å²) in [5.41, 5.74) is -0.420. The molecular weight excluding hydrogens is 334 g/mol. The van der Waals surface area contributed by atoms with Gasteiger partial charge in [-0.3, -0.25) is 19.1 Å². The molecule has 2 bridgehead atoms. The number of H-pyrrole nitrogens is 2. The van der Waals surface area contributed by atoms with Gasteiger partial charge >= 0.3 is 5.69 Å². The number of amides is 1. The molecule has 0 radical (unpaired) electrons.